The zero-order chi connectivity index (χ0) is 12.1. The second-order valence-electron chi connectivity index (χ2n) is 5.93. The Hall–Kier alpha value is -0.120. The average molecular weight is 217 g/mol. The van der Waals surface area contributed by atoms with Crippen LogP contribution in [0.5, 0.6) is 0 Å². The summed E-state index contributed by atoms with van der Waals surface area (Å²) in [5, 5.41) is 0. The second-order valence-corrected chi connectivity index (χ2v) is 5.93. The molecule has 0 saturated carbocycles. The molecule has 0 fully saturated rings. The first-order valence-corrected chi connectivity index (χ1v) is 5.57. The van der Waals surface area contributed by atoms with Gasteiger partial charge in [0.2, 0.25) is 0 Å². The van der Waals surface area contributed by atoms with E-state index in [2.05, 4.69) is 46.4 Å². The minimum atomic E-state index is -0.0703. The highest BCUT2D eigenvalue weighted by atomic mass is 16.5. The Kier molecular flexibility index (Phi) is 5.78. The molecule has 0 unspecified atom stereocenters. The van der Waals surface area contributed by atoms with Gasteiger partial charge in [-0.05, 0) is 48.6 Å². The smallest absolute Gasteiger partial charge is 0.0995 e. The topological polar surface area (TPSA) is 21.7 Å². The molecule has 0 aliphatic rings. The molecule has 0 atom stereocenters. The molecule has 0 radical (unpaired) electrons. The normalized spacial score (nSPS) is 13.6. The van der Waals surface area contributed by atoms with E-state index in [1.165, 1.54) is 0 Å². The van der Waals surface area contributed by atoms with Crippen LogP contribution in [0, 0.1) is 0 Å². The second kappa shape index (κ2) is 5.83. The fraction of sp³-hybridized carbons (Fsp3) is 1.00. The lowest BCUT2D eigenvalue weighted by molar-refractivity contribution is -0.0708. The van der Waals surface area contributed by atoms with Crippen molar-refractivity contribution in [2.24, 2.45) is 0 Å². The number of nitrogens with zero attached hydrogens (tertiary/aromatic N) is 1. The fourth-order valence-corrected chi connectivity index (χ4v) is 0.876. The van der Waals surface area contributed by atoms with Gasteiger partial charge in [-0.1, -0.05) is 0 Å². The summed E-state index contributed by atoms with van der Waals surface area (Å²) in [6, 6.07) is 0. The number of likely N-dealkylation sites (N-methyl/N-ethyl adjacent to an activating group) is 1. The molecule has 0 bridgehead atoms. The molecule has 0 amide bonds. The Balaban J connectivity index is 3.54. The Bertz CT molecular complexity index is 167. The summed E-state index contributed by atoms with van der Waals surface area (Å²) in [6.07, 6.45) is 0. The summed E-state index contributed by atoms with van der Waals surface area (Å²) in [5.41, 5.74) is -0.120. The van der Waals surface area contributed by atoms with Gasteiger partial charge in [-0.2, -0.15) is 0 Å². The maximum atomic E-state index is 5.64. The van der Waals surface area contributed by atoms with E-state index in [0.717, 1.165) is 13.2 Å². The van der Waals surface area contributed by atoms with Crippen LogP contribution in [0.1, 0.15) is 41.5 Å². The maximum Gasteiger partial charge on any atom is 0.0995 e. The van der Waals surface area contributed by atoms with Crippen LogP contribution in [0.3, 0.4) is 0 Å². The molecule has 0 N–H and O–H groups in total. The van der Waals surface area contributed by atoms with Crippen molar-refractivity contribution in [3.63, 3.8) is 0 Å². The molecule has 0 aliphatic heterocycles. The third kappa shape index (κ3) is 11.8. The highest BCUT2D eigenvalue weighted by Gasteiger charge is 2.13. The number of hydrogen-bond donors (Lipinski definition) is 0. The molecule has 92 valence electrons. The Morgan fingerprint density at radius 2 is 1.33 bits per heavy atom. The minimum absolute atomic E-state index is 0.0499. The Morgan fingerprint density at radius 3 is 1.73 bits per heavy atom. The molecule has 0 rings (SSSR count). The first-order valence-electron chi connectivity index (χ1n) is 5.57. The van der Waals surface area contributed by atoms with Crippen LogP contribution in [-0.4, -0.2) is 43.0 Å². The van der Waals surface area contributed by atoms with Crippen molar-refractivity contribution in [1.82, 2.24) is 4.90 Å². The molecule has 3 nitrogen and oxygen atoms in total. The molecule has 3 heteroatoms. The summed E-state index contributed by atoms with van der Waals surface area (Å²) < 4.78 is 11.3. The van der Waals surface area contributed by atoms with Gasteiger partial charge in [0.1, 0.15) is 0 Å². The van der Waals surface area contributed by atoms with Crippen LogP contribution in [0.25, 0.3) is 0 Å². The Morgan fingerprint density at radius 1 is 0.867 bits per heavy atom. The molecule has 0 spiro atoms. The van der Waals surface area contributed by atoms with Gasteiger partial charge in [0.25, 0.3) is 0 Å². The van der Waals surface area contributed by atoms with Crippen molar-refractivity contribution in [2.45, 2.75) is 52.7 Å². The lowest BCUT2D eigenvalue weighted by atomic mass is 10.2. The van der Waals surface area contributed by atoms with Gasteiger partial charge in [-0.25, -0.2) is 0 Å². The van der Waals surface area contributed by atoms with Gasteiger partial charge in [0.15, 0.2) is 0 Å². The molecule has 0 heterocycles. The first kappa shape index (κ1) is 14.9. The van der Waals surface area contributed by atoms with Crippen molar-refractivity contribution in [1.29, 1.82) is 0 Å². The van der Waals surface area contributed by atoms with Crippen molar-refractivity contribution >= 4 is 0 Å². The standard InChI is InChI=1S/C12H27NO2/c1-11(2,3)14-9-8-13(7)10-15-12(4,5)6/h8-10H2,1-7H3. The number of ether oxygens (including phenoxy) is 2. The summed E-state index contributed by atoms with van der Waals surface area (Å²) in [4.78, 5) is 2.12. The lowest BCUT2D eigenvalue weighted by Crippen LogP contribution is -2.33. The third-order valence-electron chi connectivity index (χ3n) is 1.73. The van der Waals surface area contributed by atoms with E-state index in [9.17, 15) is 0 Å². The highest BCUT2D eigenvalue weighted by Crippen LogP contribution is 2.08. The van der Waals surface area contributed by atoms with Crippen LogP contribution in [0.4, 0.5) is 0 Å². The predicted molar refractivity (Wildman–Crippen MR) is 64.0 cm³/mol. The van der Waals surface area contributed by atoms with Gasteiger partial charge in [0, 0.05) is 6.54 Å². The highest BCUT2D eigenvalue weighted by molar-refractivity contribution is 4.60. The van der Waals surface area contributed by atoms with E-state index >= 15 is 0 Å². The predicted octanol–water partition coefficient (Wildman–Crippen LogP) is 2.51. The molecular formula is C12H27NO2. The van der Waals surface area contributed by atoms with Crippen LogP contribution in [0.2, 0.25) is 0 Å². The molecule has 0 aliphatic carbocycles. The van der Waals surface area contributed by atoms with E-state index in [1.807, 2.05) is 7.05 Å². The van der Waals surface area contributed by atoms with Gasteiger partial charge in [0.05, 0.1) is 24.5 Å². The SMILES string of the molecule is CN(CCOC(C)(C)C)COC(C)(C)C. The van der Waals surface area contributed by atoms with Crippen LogP contribution < -0.4 is 0 Å². The van der Waals surface area contributed by atoms with Crippen molar-refractivity contribution < 1.29 is 9.47 Å². The summed E-state index contributed by atoms with van der Waals surface area (Å²) in [7, 11) is 2.04. The van der Waals surface area contributed by atoms with Gasteiger partial charge in [-0.3, -0.25) is 4.90 Å². The van der Waals surface area contributed by atoms with E-state index in [0.29, 0.717) is 6.73 Å². The van der Waals surface area contributed by atoms with E-state index < -0.39 is 0 Å². The summed E-state index contributed by atoms with van der Waals surface area (Å²) in [6.45, 7) is 14.7. The quantitative estimate of drug-likeness (QED) is 0.660. The molecule has 0 aromatic heterocycles. The zero-order valence-corrected chi connectivity index (χ0v) is 11.4. The van der Waals surface area contributed by atoms with Gasteiger partial charge >= 0.3 is 0 Å². The van der Waals surface area contributed by atoms with E-state index in [-0.39, 0.29) is 11.2 Å². The van der Waals surface area contributed by atoms with Crippen LogP contribution in [-0.2, 0) is 9.47 Å². The van der Waals surface area contributed by atoms with Crippen molar-refractivity contribution in [2.75, 3.05) is 26.9 Å². The van der Waals surface area contributed by atoms with Gasteiger partial charge < -0.3 is 9.47 Å². The summed E-state index contributed by atoms with van der Waals surface area (Å²) in [5.74, 6) is 0. The molecule has 0 saturated heterocycles. The molecular weight excluding hydrogens is 190 g/mol. The maximum absolute atomic E-state index is 5.64. The largest absolute Gasteiger partial charge is 0.375 e. The molecule has 15 heavy (non-hydrogen) atoms. The van der Waals surface area contributed by atoms with Crippen LogP contribution >= 0.6 is 0 Å². The van der Waals surface area contributed by atoms with E-state index in [1.54, 1.807) is 0 Å². The number of rotatable bonds is 5. The lowest BCUT2D eigenvalue weighted by Gasteiger charge is -2.26. The summed E-state index contributed by atoms with van der Waals surface area (Å²) >= 11 is 0. The van der Waals surface area contributed by atoms with E-state index in [4.69, 9.17) is 9.47 Å². The third-order valence-corrected chi connectivity index (χ3v) is 1.73. The monoisotopic (exact) mass is 217 g/mol. The first-order chi connectivity index (χ1) is 6.60. The van der Waals surface area contributed by atoms with Crippen molar-refractivity contribution in [3.8, 4) is 0 Å². The van der Waals surface area contributed by atoms with Gasteiger partial charge in [-0.15, -0.1) is 0 Å². The molecule has 0 aromatic carbocycles. The minimum Gasteiger partial charge on any atom is -0.375 e. The van der Waals surface area contributed by atoms with Crippen molar-refractivity contribution in [3.05, 3.63) is 0 Å². The number of hydrogen-bond acceptors (Lipinski definition) is 3. The molecule has 0 aromatic rings. The average Bonchev–Trinajstić information content (AvgIpc) is 1.97. The zero-order valence-electron chi connectivity index (χ0n) is 11.4. The fourth-order valence-electron chi connectivity index (χ4n) is 0.876. The van der Waals surface area contributed by atoms with Crippen LogP contribution in [0.15, 0.2) is 0 Å². The Labute approximate surface area is 94.7 Å².